The maximum atomic E-state index is 5.95. The predicted molar refractivity (Wildman–Crippen MR) is 112 cm³/mol. The minimum absolute atomic E-state index is 0. The standard InChI is InChI=1S/C18H31N3O2.HI/c1-6-8-13-21(4)18(19-7-2)20-14-15(3)23-17-12-10-9-11-16(17)22-5;/h9-12,15H,6-8,13-14H2,1-5H3,(H,19,20);1H. The number of ether oxygens (including phenoxy) is 2. The fourth-order valence-corrected chi connectivity index (χ4v) is 2.16. The number of methoxy groups -OCH3 is 1. The van der Waals surface area contributed by atoms with Gasteiger partial charge in [-0.05, 0) is 32.4 Å². The van der Waals surface area contributed by atoms with Crippen molar-refractivity contribution in [2.45, 2.75) is 39.7 Å². The molecule has 0 amide bonds. The number of benzene rings is 1. The highest BCUT2D eigenvalue weighted by Gasteiger charge is 2.10. The van der Waals surface area contributed by atoms with Crippen LogP contribution in [0.25, 0.3) is 0 Å². The zero-order valence-electron chi connectivity index (χ0n) is 15.5. The van der Waals surface area contributed by atoms with E-state index in [-0.39, 0.29) is 30.1 Å². The molecular weight excluding hydrogens is 417 g/mol. The molecule has 0 bridgehead atoms. The minimum atomic E-state index is -0.0282. The van der Waals surface area contributed by atoms with Crippen LogP contribution in [0.15, 0.2) is 29.3 Å². The second-order valence-corrected chi connectivity index (χ2v) is 5.55. The lowest BCUT2D eigenvalue weighted by atomic mass is 10.3. The quantitative estimate of drug-likeness (QED) is 0.354. The van der Waals surface area contributed by atoms with E-state index in [4.69, 9.17) is 9.47 Å². The van der Waals surface area contributed by atoms with Crippen molar-refractivity contribution in [2.24, 2.45) is 4.99 Å². The molecule has 1 rings (SSSR count). The summed E-state index contributed by atoms with van der Waals surface area (Å²) in [5, 5.41) is 3.33. The van der Waals surface area contributed by atoms with Crippen molar-refractivity contribution in [3.8, 4) is 11.5 Å². The van der Waals surface area contributed by atoms with Crippen LogP contribution in [0.1, 0.15) is 33.6 Å². The number of nitrogens with zero attached hydrogens (tertiary/aromatic N) is 2. The van der Waals surface area contributed by atoms with Gasteiger partial charge >= 0.3 is 0 Å². The van der Waals surface area contributed by atoms with Crippen LogP contribution >= 0.6 is 24.0 Å². The third-order valence-electron chi connectivity index (χ3n) is 3.44. The lowest BCUT2D eigenvalue weighted by Gasteiger charge is -2.22. The molecule has 0 aliphatic heterocycles. The topological polar surface area (TPSA) is 46.1 Å². The molecule has 0 radical (unpaired) electrons. The molecule has 1 unspecified atom stereocenters. The van der Waals surface area contributed by atoms with Crippen LogP contribution in [0, 0.1) is 0 Å². The number of para-hydroxylation sites is 2. The Morgan fingerprint density at radius 1 is 1.25 bits per heavy atom. The van der Waals surface area contributed by atoms with Gasteiger partial charge in [0.05, 0.1) is 13.7 Å². The number of halogens is 1. The van der Waals surface area contributed by atoms with Crippen LogP contribution < -0.4 is 14.8 Å². The van der Waals surface area contributed by atoms with Gasteiger partial charge in [0, 0.05) is 20.1 Å². The zero-order valence-corrected chi connectivity index (χ0v) is 17.9. The van der Waals surface area contributed by atoms with Gasteiger partial charge in [-0.15, -0.1) is 24.0 Å². The van der Waals surface area contributed by atoms with Gasteiger partial charge in [0.2, 0.25) is 0 Å². The normalized spacial score (nSPS) is 12.1. The highest BCUT2D eigenvalue weighted by molar-refractivity contribution is 14.0. The van der Waals surface area contributed by atoms with Crippen LogP contribution in [0.5, 0.6) is 11.5 Å². The SMILES string of the molecule is CCCCN(C)C(=NCC(C)Oc1ccccc1OC)NCC.I. The summed E-state index contributed by atoms with van der Waals surface area (Å²) < 4.78 is 11.3. The number of rotatable bonds is 9. The van der Waals surface area contributed by atoms with E-state index in [0.717, 1.165) is 37.0 Å². The summed E-state index contributed by atoms with van der Waals surface area (Å²) in [6, 6.07) is 7.68. The van der Waals surface area contributed by atoms with Crippen molar-refractivity contribution in [3.05, 3.63) is 24.3 Å². The number of aliphatic imine (C=N–C) groups is 1. The molecule has 24 heavy (non-hydrogen) atoms. The summed E-state index contributed by atoms with van der Waals surface area (Å²) >= 11 is 0. The van der Waals surface area contributed by atoms with Crippen molar-refractivity contribution in [3.63, 3.8) is 0 Å². The molecule has 0 saturated carbocycles. The number of hydrogen-bond donors (Lipinski definition) is 1. The lowest BCUT2D eigenvalue weighted by Crippen LogP contribution is -2.40. The van der Waals surface area contributed by atoms with Gasteiger partial charge in [0.25, 0.3) is 0 Å². The number of unbranched alkanes of at least 4 members (excludes halogenated alkanes) is 1. The first-order valence-electron chi connectivity index (χ1n) is 8.41. The third kappa shape index (κ3) is 8.08. The molecular formula is C18H32IN3O2. The van der Waals surface area contributed by atoms with Crippen LogP contribution in [-0.2, 0) is 0 Å². The van der Waals surface area contributed by atoms with Crippen LogP contribution in [0.2, 0.25) is 0 Å². The molecule has 1 atom stereocenters. The largest absolute Gasteiger partial charge is 0.493 e. The average Bonchev–Trinajstić information content (AvgIpc) is 2.56. The fraction of sp³-hybridized carbons (Fsp3) is 0.611. The molecule has 1 aromatic carbocycles. The Labute approximate surface area is 163 Å². The molecule has 0 saturated heterocycles. The van der Waals surface area contributed by atoms with E-state index in [1.165, 1.54) is 6.42 Å². The van der Waals surface area contributed by atoms with Crippen LogP contribution in [0.3, 0.4) is 0 Å². The van der Waals surface area contributed by atoms with E-state index in [9.17, 15) is 0 Å². The number of guanidine groups is 1. The van der Waals surface area contributed by atoms with Crippen molar-refractivity contribution in [1.82, 2.24) is 10.2 Å². The first-order chi connectivity index (χ1) is 11.1. The fourth-order valence-electron chi connectivity index (χ4n) is 2.16. The van der Waals surface area contributed by atoms with E-state index in [1.807, 2.05) is 31.2 Å². The van der Waals surface area contributed by atoms with E-state index in [2.05, 4.69) is 36.1 Å². The summed E-state index contributed by atoms with van der Waals surface area (Å²) in [7, 11) is 3.72. The highest BCUT2D eigenvalue weighted by Crippen LogP contribution is 2.26. The molecule has 6 heteroatoms. The zero-order chi connectivity index (χ0) is 17.1. The van der Waals surface area contributed by atoms with Crippen molar-refractivity contribution in [1.29, 1.82) is 0 Å². The Balaban J connectivity index is 0.00000529. The summed E-state index contributed by atoms with van der Waals surface area (Å²) in [6.45, 7) is 8.75. The molecule has 0 spiro atoms. The van der Waals surface area contributed by atoms with Gasteiger partial charge < -0.3 is 19.7 Å². The van der Waals surface area contributed by atoms with Crippen LogP contribution in [-0.4, -0.2) is 50.8 Å². The smallest absolute Gasteiger partial charge is 0.193 e. The summed E-state index contributed by atoms with van der Waals surface area (Å²) in [5.41, 5.74) is 0. The maximum Gasteiger partial charge on any atom is 0.193 e. The van der Waals surface area contributed by atoms with Crippen LogP contribution in [0.4, 0.5) is 0 Å². The molecule has 0 heterocycles. The van der Waals surface area contributed by atoms with Crippen molar-refractivity contribution in [2.75, 3.05) is 33.8 Å². The molecule has 0 fully saturated rings. The first kappa shape index (κ1) is 22.8. The van der Waals surface area contributed by atoms with E-state index >= 15 is 0 Å². The molecule has 138 valence electrons. The van der Waals surface area contributed by atoms with Gasteiger partial charge in [0.15, 0.2) is 17.5 Å². The van der Waals surface area contributed by atoms with Gasteiger partial charge in [-0.25, -0.2) is 4.99 Å². The summed E-state index contributed by atoms with van der Waals surface area (Å²) in [6.07, 6.45) is 2.31. The average molecular weight is 449 g/mol. The molecule has 1 aromatic rings. The Morgan fingerprint density at radius 2 is 1.92 bits per heavy atom. The van der Waals surface area contributed by atoms with E-state index < -0.39 is 0 Å². The molecule has 0 aliphatic carbocycles. The molecule has 5 nitrogen and oxygen atoms in total. The van der Waals surface area contributed by atoms with Gasteiger partial charge in [-0.2, -0.15) is 0 Å². The predicted octanol–water partition coefficient (Wildman–Crippen LogP) is 3.78. The Hall–Kier alpha value is -1.18. The first-order valence-corrected chi connectivity index (χ1v) is 8.41. The summed E-state index contributed by atoms with van der Waals surface area (Å²) in [5.74, 6) is 2.42. The monoisotopic (exact) mass is 449 g/mol. The molecule has 0 aliphatic rings. The highest BCUT2D eigenvalue weighted by atomic mass is 127. The second-order valence-electron chi connectivity index (χ2n) is 5.55. The summed E-state index contributed by atoms with van der Waals surface area (Å²) in [4.78, 5) is 6.85. The number of hydrogen-bond acceptors (Lipinski definition) is 3. The minimum Gasteiger partial charge on any atom is -0.493 e. The Kier molecular flexibility index (Phi) is 12.5. The third-order valence-corrected chi connectivity index (χ3v) is 3.44. The van der Waals surface area contributed by atoms with Crippen molar-refractivity contribution >= 4 is 29.9 Å². The number of nitrogens with one attached hydrogen (secondary N) is 1. The maximum absolute atomic E-state index is 5.95. The molecule has 1 N–H and O–H groups in total. The van der Waals surface area contributed by atoms with Gasteiger partial charge in [-0.3, -0.25) is 0 Å². The van der Waals surface area contributed by atoms with E-state index in [1.54, 1.807) is 7.11 Å². The van der Waals surface area contributed by atoms with Crippen molar-refractivity contribution < 1.29 is 9.47 Å². The molecule has 0 aromatic heterocycles. The van der Waals surface area contributed by atoms with E-state index in [0.29, 0.717) is 6.54 Å². The second kappa shape index (κ2) is 13.1. The van der Waals surface area contributed by atoms with Gasteiger partial charge in [-0.1, -0.05) is 25.5 Å². The van der Waals surface area contributed by atoms with Gasteiger partial charge in [0.1, 0.15) is 6.10 Å². The Bertz CT molecular complexity index is 483. The Morgan fingerprint density at radius 3 is 2.50 bits per heavy atom. The lowest BCUT2D eigenvalue weighted by molar-refractivity contribution is 0.219.